The second-order valence-electron chi connectivity index (χ2n) is 10.0. The Kier molecular flexibility index (Phi) is 8.52. The van der Waals surface area contributed by atoms with Crippen molar-refractivity contribution in [3.63, 3.8) is 0 Å². The van der Waals surface area contributed by atoms with Crippen molar-refractivity contribution in [1.82, 2.24) is 4.90 Å². The third-order valence-electron chi connectivity index (χ3n) is 7.19. The molecule has 1 saturated heterocycles. The van der Waals surface area contributed by atoms with Gasteiger partial charge < -0.3 is 15.0 Å². The molecule has 1 aliphatic heterocycles. The Labute approximate surface area is 245 Å². The molecule has 1 N–H and O–H groups in total. The molecular weight excluding hydrogens is 552 g/mol. The number of nitrogens with zero attached hydrogens (tertiary/aromatic N) is 3. The van der Waals surface area contributed by atoms with Crippen LogP contribution in [0.3, 0.4) is 0 Å². The van der Waals surface area contributed by atoms with E-state index in [4.69, 9.17) is 10.00 Å². The van der Waals surface area contributed by atoms with Gasteiger partial charge in [-0.1, -0.05) is 54.6 Å². The summed E-state index contributed by atoms with van der Waals surface area (Å²) in [5.74, 6) is -0.637. The summed E-state index contributed by atoms with van der Waals surface area (Å²) >= 11 is 0. The van der Waals surface area contributed by atoms with Crippen LogP contribution in [0.4, 0.5) is 11.4 Å². The second-order valence-corrected chi connectivity index (χ2v) is 11.8. The molecule has 214 valence electrons. The first kappa shape index (κ1) is 28.8. The summed E-state index contributed by atoms with van der Waals surface area (Å²) in [7, 11) is -4.21. The van der Waals surface area contributed by atoms with E-state index in [0.717, 1.165) is 20.8 Å². The van der Waals surface area contributed by atoms with E-state index in [9.17, 15) is 18.0 Å². The van der Waals surface area contributed by atoms with Crippen LogP contribution in [-0.4, -0.2) is 58.0 Å². The van der Waals surface area contributed by atoms with Crippen molar-refractivity contribution < 1.29 is 22.7 Å². The highest BCUT2D eigenvalue weighted by molar-refractivity contribution is 7.93. The molecule has 0 bridgehead atoms. The van der Waals surface area contributed by atoms with Gasteiger partial charge >= 0.3 is 0 Å². The first-order valence-corrected chi connectivity index (χ1v) is 15.0. The number of aryl methyl sites for hydroxylation is 1. The molecular formula is C32H30N4O5S. The number of carbonyl (C=O) groups is 2. The molecule has 0 radical (unpaired) electrons. The molecule has 0 unspecified atom stereocenters. The van der Waals surface area contributed by atoms with Gasteiger partial charge in [-0.3, -0.25) is 13.9 Å². The van der Waals surface area contributed by atoms with Crippen LogP contribution in [0, 0.1) is 18.3 Å². The van der Waals surface area contributed by atoms with Crippen LogP contribution in [-0.2, 0) is 30.8 Å². The molecule has 0 aromatic heterocycles. The van der Waals surface area contributed by atoms with E-state index in [1.165, 1.54) is 0 Å². The van der Waals surface area contributed by atoms with E-state index in [0.29, 0.717) is 42.9 Å². The van der Waals surface area contributed by atoms with Gasteiger partial charge in [-0.2, -0.15) is 5.26 Å². The summed E-state index contributed by atoms with van der Waals surface area (Å²) in [5.41, 5.74) is 2.65. The number of carbonyl (C=O) groups excluding carboxylic acids is 2. The van der Waals surface area contributed by atoms with Crippen molar-refractivity contribution in [2.24, 2.45) is 0 Å². The Morgan fingerprint density at radius 1 is 0.976 bits per heavy atom. The number of ether oxygens (including phenoxy) is 1. The zero-order chi connectivity index (χ0) is 29.7. The number of anilines is 2. The molecule has 1 fully saturated rings. The Balaban J connectivity index is 1.49. The number of nitriles is 1. The van der Waals surface area contributed by atoms with E-state index < -0.39 is 16.6 Å². The summed E-state index contributed by atoms with van der Waals surface area (Å²) in [6.45, 7) is 2.94. The van der Waals surface area contributed by atoms with Crippen molar-refractivity contribution in [2.45, 2.75) is 18.2 Å². The molecule has 0 atom stereocenters. The van der Waals surface area contributed by atoms with Crippen LogP contribution in [0.5, 0.6) is 0 Å². The highest BCUT2D eigenvalue weighted by atomic mass is 32.2. The molecule has 0 aliphatic carbocycles. The third kappa shape index (κ3) is 6.28. The lowest BCUT2D eigenvalue weighted by atomic mass is 10.1. The Bertz CT molecular complexity index is 1770. The number of hydrogen-bond acceptors (Lipinski definition) is 6. The number of fused-ring (bicyclic) bond motifs is 1. The van der Waals surface area contributed by atoms with Crippen LogP contribution >= 0.6 is 0 Å². The third-order valence-corrected chi connectivity index (χ3v) is 9.02. The van der Waals surface area contributed by atoms with Crippen LogP contribution in [0.2, 0.25) is 0 Å². The maximum absolute atomic E-state index is 14.3. The molecule has 42 heavy (non-hydrogen) atoms. The van der Waals surface area contributed by atoms with Crippen LogP contribution < -0.4 is 9.62 Å². The molecule has 0 spiro atoms. The highest BCUT2D eigenvalue weighted by Gasteiger charge is 2.31. The van der Waals surface area contributed by atoms with Gasteiger partial charge in [-0.15, -0.1) is 0 Å². The zero-order valence-electron chi connectivity index (χ0n) is 23.1. The number of nitrogens with one attached hydrogen (secondary N) is 1. The summed E-state index contributed by atoms with van der Waals surface area (Å²) in [6, 6.07) is 26.0. The lowest BCUT2D eigenvalue weighted by Crippen LogP contribution is -2.47. The Hall–Kier alpha value is -4.72. The van der Waals surface area contributed by atoms with Gasteiger partial charge in [0.2, 0.25) is 11.8 Å². The second kappa shape index (κ2) is 12.4. The predicted octanol–water partition coefficient (Wildman–Crippen LogP) is 4.26. The standard InChI is InChI=1S/C32H30N4O5S/c1-23-9-14-27(20-29(23)34-31(37)19-24-10-12-25(21-33)13-11-24)36(22-32(38)35-15-17-41-18-16-35)42(39,40)30-8-4-6-26-5-2-3-7-28(26)30/h2-14,20H,15-19,22H2,1H3,(H,34,37). The number of hydrogen-bond donors (Lipinski definition) is 1. The smallest absolute Gasteiger partial charge is 0.265 e. The van der Waals surface area contributed by atoms with Crippen LogP contribution in [0.25, 0.3) is 10.8 Å². The molecule has 4 aromatic rings. The minimum Gasteiger partial charge on any atom is -0.378 e. The molecule has 0 saturated carbocycles. The summed E-state index contributed by atoms with van der Waals surface area (Å²) in [5, 5.41) is 13.2. The predicted molar refractivity (Wildman–Crippen MR) is 161 cm³/mol. The van der Waals surface area contributed by atoms with E-state index in [-0.39, 0.29) is 28.8 Å². The summed E-state index contributed by atoms with van der Waals surface area (Å²) in [4.78, 5) is 28.0. The fourth-order valence-electron chi connectivity index (χ4n) is 4.87. The fourth-order valence-corrected chi connectivity index (χ4v) is 6.49. The monoisotopic (exact) mass is 582 g/mol. The molecule has 9 nitrogen and oxygen atoms in total. The number of amides is 2. The van der Waals surface area contributed by atoms with Crippen molar-refractivity contribution in [3.05, 3.63) is 102 Å². The number of sulfonamides is 1. The first-order chi connectivity index (χ1) is 20.3. The van der Waals surface area contributed by atoms with E-state index >= 15 is 0 Å². The van der Waals surface area contributed by atoms with E-state index in [2.05, 4.69) is 11.4 Å². The largest absolute Gasteiger partial charge is 0.378 e. The minimum atomic E-state index is -4.21. The SMILES string of the molecule is Cc1ccc(N(CC(=O)N2CCOCC2)S(=O)(=O)c2cccc3ccccc23)cc1NC(=O)Cc1ccc(C#N)cc1. The molecule has 5 rings (SSSR count). The Morgan fingerprint density at radius 3 is 2.43 bits per heavy atom. The topological polar surface area (TPSA) is 120 Å². The van der Waals surface area contributed by atoms with E-state index in [1.54, 1.807) is 71.6 Å². The quantitative estimate of drug-likeness (QED) is 0.332. The molecule has 2 amide bonds. The molecule has 1 heterocycles. The van der Waals surface area contributed by atoms with Gasteiger partial charge in [-0.05, 0) is 53.8 Å². The average Bonchev–Trinajstić information content (AvgIpc) is 3.01. The van der Waals surface area contributed by atoms with Crippen LogP contribution in [0.1, 0.15) is 16.7 Å². The van der Waals surface area contributed by atoms with E-state index in [1.807, 2.05) is 25.1 Å². The van der Waals surface area contributed by atoms with Gasteiger partial charge in [0.05, 0.1) is 41.9 Å². The van der Waals surface area contributed by atoms with Crippen molar-refractivity contribution in [1.29, 1.82) is 5.26 Å². The summed E-state index contributed by atoms with van der Waals surface area (Å²) in [6.07, 6.45) is 0.0723. The lowest BCUT2D eigenvalue weighted by Gasteiger charge is -2.31. The van der Waals surface area contributed by atoms with Gasteiger partial charge in [0.15, 0.2) is 0 Å². The van der Waals surface area contributed by atoms with Gasteiger partial charge in [0.25, 0.3) is 10.0 Å². The normalized spacial score (nSPS) is 13.4. The van der Waals surface area contributed by atoms with Gasteiger partial charge in [0.1, 0.15) is 6.54 Å². The van der Waals surface area contributed by atoms with Crippen LogP contribution in [0.15, 0.2) is 89.8 Å². The summed E-state index contributed by atoms with van der Waals surface area (Å²) < 4.78 is 35.1. The van der Waals surface area contributed by atoms with Crippen molar-refractivity contribution in [2.75, 3.05) is 42.5 Å². The Morgan fingerprint density at radius 2 is 1.69 bits per heavy atom. The maximum Gasteiger partial charge on any atom is 0.265 e. The highest BCUT2D eigenvalue weighted by Crippen LogP contribution is 2.32. The number of benzene rings is 4. The average molecular weight is 583 g/mol. The first-order valence-electron chi connectivity index (χ1n) is 13.5. The molecule has 4 aromatic carbocycles. The molecule has 1 aliphatic rings. The van der Waals surface area contributed by atoms with Crippen molar-refractivity contribution >= 4 is 44.0 Å². The van der Waals surface area contributed by atoms with Crippen molar-refractivity contribution in [3.8, 4) is 6.07 Å². The maximum atomic E-state index is 14.3. The fraction of sp³-hybridized carbons (Fsp3) is 0.219. The van der Waals surface area contributed by atoms with Gasteiger partial charge in [-0.25, -0.2) is 8.42 Å². The molecule has 10 heteroatoms. The minimum absolute atomic E-state index is 0.0723. The number of rotatable bonds is 8. The lowest BCUT2D eigenvalue weighted by molar-refractivity contribution is -0.133. The zero-order valence-corrected chi connectivity index (χ0v) is 23.9. The number of morpholine rings is 1. The van der Waals surface area contributed by atoms with Gasteiger partial charge in [0, 0.05) is 24.2 Å².